The van der Waals surface area contributed by atoms with Crippen molar-refractivity contribution in [3.63, 3.8) is 0 Å². The molecule has 0 aliphatic heterocycles. The maximum absolute atomic E-state index is 5.88. The van der Waals surface area contributed by atoms with Gasteiger partial charge in [0, 0.05) is 10.2 Å². The lowest BCUT2D eigenvalue weighted by atomic mass is 10.2. The van der Waals surface area contributed by atoms with Crippen LogP contribution in [0.2, 0.25) is 5.02 Å². The highest BCUT2D eigenvalue weighted by Crippen LogP contribution is 2.28. The fraction of sp³-hybridized carbons (Fsp3) is 0.125. The number of halogens is 2. The van der Waals surface area contributed by atoms with Crippen molar-refractivity contribution >= 4 is 50.5 Å². The first-order valence-corrected chi connectivity index (χ1v) is 5.10. The molecule has 5 heteroatoms. The number of hydrogen-bond acceptors (Lipinski definition) is 1. The summed E-state index contributed by atoms with van der Waals surface area (Å²) in [6.45, 7) is 1.93. The molecule has 1 rings (SSSR count). The molecule has 0 aromatic heterocycles. The van der Waals surface area contributed by atoms with Crippen LogP contribution in [0.5, 0.6) is 0 Å². The highest BCUT2D eigenvalue weighted by molar-refractivity contribution is 9.10. The van der Waals surface area contributed by atoms with Gasteiger partial charge < -0.3 is 11.1 Å². The van der Waals surface area contributed by atoms with Crippen LogP contribution in [0.15, 0.2) is 16.6 Å². The van der Waals surface area contributed by atoms with Crippen LogP contribution in [0, 0.1) is 6.92 Å². The predicted octanol–water partition coefficient (Wildman–Crippen LogP) is 3.07. The SMILES string of the molecule is Cc1cc(Cl)c(Br)cc1NC(N)=S. The predicted molar refractivity (Wildman–Crippen MR) is 64.3 cm³/mol. The molecule has 0 atom stereocenters. The number of aryl methyl sites for hydroxylation is 1. The minimum Gasteiger partial charge on any atom is -0.376 e. The molecule has 0 aliphatic rings. The van der Waals surface area contributed by atoms with E-state index < -0.39 is 0 Å². The van der Waals surface area contributed by atoms with E-state index in [1.54, 1.807) is 0 Å². The molecule has 0 saturated carbocycles. The van der Waals surface area contributed by atoms with E-state index in [0.29, 0.717) is 5.02 Å². The van der Waals surface area contributed by atoms with Gasteiger partial charge >= 0.3 is 0 Å². The van der Waals surface area contributed by atoms with Gasteiger partial charge in [-0.1, -0.05) is 11.6 Å². The Balaban J connectivity index is 3.08. The van der Waals surface area contributed by atoms with Crippen molar-refractivity contribution in [2.24, 2.45) is 5.73 Å². The van der Waals surface area contributed by atoms with Gasteiger partial charge in [-0.3, -0.25) is 0 Å². The molecule has 3 N–H and O–H groups in total. The van der Waals surface area contributed by atoms with Gasteiger partial charge in [-0.05, 0) is 52.8 Å². The van der Waals surface area contributed by atoms with E-state index in [1.807, 2.05) is 19.1 Å². The summed E-state index contributed by atoms with van der Waals surface area (Å²) in [5.41, 5.74) is 7.22. The summed E-state index contributed by atoms with van der Waals surface area (Å²) in [7, 11) is 0. The monoisotopic (exact) mass is 278 g/mol. The van der Waals surface area contributed by atoms with E-state index >= 15 is 0 Å². The van der Waals surface area contributed by atoms with Crippen LogP contribution >= 0.6 is 39.7 Å². The van der Waals surface area contributed by atoms with Gasteiger partial charge in [0.05, 0.1) is 5.02 Å². The van der Waals surface area contributed by atoms with Crippen molar-refractivity contribution in [1.82, 2.24) is 0 Å². The van der Waals surface area contributed by atoms with Crippen LogP contribution in [-0.2, 0) is 0 Å². The van der Waals surface area contributed by atoms with Crippen molar-refractivity contribution in [3.8, 4) is 0 Å². The Morgan fingerprint density at radius 1 is 1.62 bits per heavy atom. The van der Waals surface area contributed by atoms with Crippen LogP contribution in [-0.4, -0.2) is 5.11 Å². The second kappa shape index (κ2) is 4.26. The molecule has 2 nitrogen and oxygen atoms in total. The third kappa shape index (κ3) is 2.83. The van der Waals surface area contributed by atoms with E-state index in [1.165, 1.54) is 0 Å². The number of nitrogens with one attached hydrogen (secondary N) is 1. The summed E-state index contributed by atoms with van der Waals surface area (Å²) in [4.78, 5) is 0. The topological polar surface area (TPSA) is 38.0 Å². The van der Waals surface area contributed by atoms with Crippen molar-refractivity contribution in [2.45, 2.75) is 6.92 Å². The highest BCUT2D eigenvalue weighted by atomic mass is 79.9. The smallest absolute Gasteiger partial charge is 0.168 e. The molecule has 0 saturated heterocycles. The maximum atomic E-state index is 5.88. The van der Waals surface area contributed by atoms with Gasteiger partial charge in [-0.15, -0.1) is 0 Å². The Kier molecular flexibility index (Phi) is 3.53. The average molecular weight is 280 g/mol. The van der Waals surface area contributed by atoms with Gasteiger partial charge in [0.25, 0.3) is 0 Å². The van der Waals surface area contributed by atoms with Crippen LogP contribution in [0.25, 0.3) is 0 Å². The van der Waals surface area contributed by atoms with Crippen molar-refractivity contribution in [2.75, 3.05) is 5.32 Å². The first-order valence-electron chi connectivity index (χ1n) is 3.53. The number of thiocarbonyl (C=S) groups is 1. The van der Waals surface area contributed by atoms with Crippen LogP contribution in [0.4, 0.5) is 5.69 Å². The minimum absolute atomic E-state index is 0.248. The van der Waals surface area contributed by atoms with E-state index in [2.05, 4.69) is 21.2 Å². The van der Waals surface area contributed by atoms with Gasteiger partial charge in [-0.25, -0.2) is 0 Å². The minimum atomic E-state index is 0.248. The van der Waals surface area contributed by atoms with Gasteiger partial charge in [0.2, 0.25) is 0 Å². The Hall–Kier alpha value is -0.320. The zero-order valence-corrected chi connectivity index (χ0v) is 10.1. The molecular formula is C8H8BrClN2S. The van der Waals surface area contributed by atoms with Crippen LogP contribution < -0.4 is 11.1 Å². The molecule has 13 heavy (non-hydrogen) atoms. The van der Waals surface area contributed by atoms with Gasteiger partial charge in [0.1, 0.15) is 0 Å². The number of hydrogen-bond donors (Lipinski definition) is 2. The van der Waals surface area contributed by atoms with Gasteiger partial charge in [0.15, 0.2) is 5.11 Å². The highest BCUT2D eigenvalue weighted by Gasteiger charge is 2.03. The van der Waals surface area contributed by atoms with Crippen molar-refractivity contribution < 1.29 is 0 Å². The molecular weight excluding hydrogens is 272 g/mol. The quantitative estimate of drug-likeness (QED) is 0.776. The number of nitrogens with two attached hydrogens (primary N) is 1. The summed E-state index contributed by atoms with van der Waals surface area (Å²) in [5.74, 6) is 0. The van der Waals surface area contributed by atoms with Crippen molar-refractivity contribution in [1.29, 1.82) is 0 Å². The van der Waals surface area contributed by atoms with Crippen molar-refractivity contribution in [3.05, 3.63) is 27.2 Å². The summed E-state index contributed by atoms with van der Waals surface area (Å²) < 4.78 is 0.818. The fourth-order valence-electron chi connectivity index (χ4n) is 0.914. The maximum Gasteiger partial charge on any atom is 0.168 e. The molecule has 0 heterocycles. The molecule has 0 radical (unpaired) electrons. The molecule has 0 fully saturated rings. The lowest BCUT2D eigenvalue weighted by Crippen LogP contribution is -2.19. The first-order chi connectivity index (χ1) is 6.00. The van der Waals surface area contributed by atoms with E-state index in [9.17, 15) is 0 Å². The molecule has 1 aromatic carbocycles. The second-order valence-corrected chi connectivity index (χ2v) is 4.27. The lowest BCUT2D eigenvalue weighted by molar-refractivity contribution is 1.44. The van der Waals surface area contributed by atoms with Crippen LogP contribution in [0.3, 0.4) is 0 Å². The summed E-state index contributed by atoms with van der Waals surface area (Å²) in [6.07, 6.45) is 0. The van der Waals surface area contributed by atoms with E-state index in [4.69, 9.17) is 29.6 Å². The third-order valence-corrected chi connectivity index (χ3v) is 2.82. The second-order valence-electron chi connectivity index (χ2n) is 2.57. The Morgan fingerprint density at radius 2 is 2.23 bits per heavy atom. The van der Waals surface area contributed by atoms with Crippen LogP contribution in [0.1, 0.15) is 5.56 Å². The molecule has 0 amide bonds. The molecule has 1 aromatic rings. The number of rotatable bonds is 1. The summed E-state index contributed by atoms with van der Waals surface area (Å²) in [5, 5.41) is 3.78. The standard InChI is InChI=1S/C8H8BrClN2S/c1-4-2-6(10)5(9)3-7(4)12-8(11)13/h2-3H,1H3,(H3,11,12,13). The normalized spacial score (nSPS) is 9.77. The van der Waals surface area contributed by atoms with E-state index in [-0.39, 0.29) is 5.11 Å². The van der Waals surface area contributed by atoms with Gasteiger partial charge in [-0.2, -0.15) is 0 Å². The number of benzene rings is 1. The van der Waals surface area contributed by atoms with E-state index in [0.717, 1.165) is 15.7 Å². The Morgan fingerprint density at radius 3 is 2.77 bits per heavy atom. The molecule has 0 bridgehead atoms. The molecule has 0 spiro atoms. The first kappa shape index (κ1) is 10.8. The average Bonchev–Trinajstić information content (AvgIpc) is 1.99. The zero-order valence-electron chi connectivity index (χ0n) is 6.90. The molecule has 0 unspecified atom stereocenters. The molecule has 0 aliphatic carbocycles. The Bertz CT molecular complexity index is 354. The number of anilines is 1. The Labute approximate surface area is 95.6 Å². The fourth-order valence-corrected chi connectivity index (χ4v) is 1.59. The third-order valence-electron chi connectivity index (χ3n) is 1.53. The zero-order chi connectivity index (χ0) is 10.0. The summed E-state index contributed by atoms with van der Waals surface area (Å²) in [6, 6.07) is 3.68. The largest absolute Gasteiger partial charge is 0.376 e. The lowest BCUT2D eigenvalue weighted by Gasteiger charge is -2.08. The molecule has 70 valence electrons. The summed E-state index contributed by atoms with van der Waals surface area (Å²) >= 11 is 13.9.